The van der Waals surface area contributed by atoms with Gasteiger partial charge < -0.3 is 15.2 Å². The van der Waals surface area contributed by atoms with Crippen LogP contribution in [0.5, 0.6) is 5.75 Å². The van der Waals surface area contributed by atoms with Gasteiger partial charge in [-0.3, -0.25) is 0 Å². The first-order valence-corrected chi connectivity index (χ1v) is 6.60. The summed E-state index contributed by atoms with van der Waals surface area (Å²) in [5, 5.41) is 0. The summed E-state index contributed by atoms with van der Waals surface area (Å²) in [7, 11) is 0. The largest absolute Gasteiger partial charge is 0.493 e. The third-order valence-electron chi connectivity index (χ3n) is 3.13. The molecule has 0 bridgehead atoms. The van der Waals surface area contributed by atoms with Gasteiger partial charge in [-0.15, -0.1) is 0 Å². The normalized spacial score (nSPS) is 12.5. The van der Waals surface area contributed by atoms with Crippen molar-refractivity contribution in [1.29, 1.82) is 0 Å². The summed E-state index contributed by atoms with van der Waals surface area (Å²) in [5.74, 6) is 0.972. The molecule has 1 rings (SSSR count). The molecule has 0 saturated heterocycles. The minimum Gasteiger partial charge on any atom is -0.493 e. The lowest BCUT2D eigenvalue weighted by Crippen LogP contribution is -2.25. The maximum absolute atomic E-state index is 5.84. The summed E-state index contributed by atoms with van der Waals surface area (Å²) in [4.78, 5) is 0. The van der Waals surface area contributed by atoms with Gasteiger partial charge in [-0.25, -0.2) is 0 Å². The molecule has 0 heterocycles. The Bertz CT molecular complexity index is 377. The highest BCUT2D eigenvalue weighted by Gasteiger charge is 2.08. The first kappa shape index (κ1) is 15.0. The lowest BCUT2D eigenvalue weighted by atomic mass is 10.1. The zero-order valence-electron chi connectivity index (χ0n) is 12.0. The monoisotopic (exact) mass is 251 g/mol. The van der Waals surface area contributed by atoms with E-state index in [-0.39, 0.29) is 6.10 Å². The molecule has 0 radical (unpaired) electrons. The molecule has 102 valence electrons. The highest BCUT2D eigenvalue weighted by molar-refractivity contribution is 5.41. The smallest absolute Gasteiger partial charge is 0.122 e. The standard InChI is InChI=1S/C15H25NO2/c1-5-17-14(10-16)6-7-18-15-9-11(2)8-12(3)13(15)4/h8-9,14H,5-7,10,16H2,1-4H3. The van der Waals surface area contributed by atoms with Crippen LogP contribution in [0.3, 0.4) is 0 Å². The molecule has 1 aromatic rings. The van der Waals surface area contributed by atoms with Gasteiger partial charge >= 0.3 is 0 Å². The minimum absolute atomic E-state index is 0.0983. The molecule has 0 spiro atoms. The van der Waals surface area contributed by atoms with Gasteiger partial charge in [-0.2, -0.15) is 0 Å². The number of hydrogen-bond donors (Lipinski definition) is 1. The van der Waals surface area contributed by atoms with E-state index in [9.17, 15) is 0 Å². The fourth-order valence-corrected chi connectivity index (χ4v) is 1.96. The second-order valence-corrected chi connectivity index (χ2v) is 4.66. The van der Waals surface area contributed by atoms with Crippen molar-refractivity contribution in [2.45, 2.75) is 40.2 Å². The van der Waals surface area contributed by atoms with E-state index in [1.54, 1.807) is 0 Å². The van der Waals surface area contributed by atoms with Crippen LogP contribution in [0.25, 0.3) is 0 Å². The first-order valence-electron chi connectivity index (χ1n) is 6.60. The third-order valence-corrected chi connectivity index (χ3v) is 3.13. The van der Waals surface area contributed by atoms with Crippen molar-refractivity contribution in [2.75, 3.05) is 19.8 Å². The Labute approximate surface area is 110 Å². The first-order chi connectivity index (χ1) is 8.58. The van der Waals surface area contributed by atoms with Crippen LogP contribution in [0.1, 0.15) is 30.0 Å². The van der Waals surface area contributed by atoms with E-state index in [0.29, 0.717) is 19.8 Å². The average molecular weight is 251 g/mol. The fraction of sp³-hybridized carbons (Fsp3) is 0.600. The molecule has 3 nitrogen and oxygen atoms in total. The molecule has 2 N–H and O–H groups in total. The molecule has 3 heteroatoms. The van der Waals surface area contributed by atoms with Crippen molar-refractivity contribution in [2.24, 2.45) is 5.73 Å². The van der Waals surface area contributed by atoms with Crippen LogP contribution in [0.15, 0.2) is 12.1 Å². The topological polar surface area (TPSA) is 44.5 Å². The van der Waals surface area contributed by atoms with Crippen LogP contribution in [0.4, 0.5) is 0 Å². The molecule has 1 unspecified atom stereocenters. The highest BCUT2D eigenvalue weighted by Crippen LogP contribution is 2.23. The number of benzene rings is 1. The van der Waals surface area contributed by atoms with Crippen LogP contribution in [0, 0.1) is 20.8 Å². The summed E-state index contributed by atoms with van der Waals surface area (Å²) in [6, 6.07) is 4.26. The lowest BCUT2D eigenvalue weighted by molar-refractivity contribution is 0.0526. The summed E-state index contributed by atoms with van der Waals surface area (Å²) in [6.07, 6.45) is 0.928. The Kier molecular flexibility index (Phi) is 6.16. The summed E-state index contributed by atoms with van der Waals surface area (Å²) >= 11 is 0. The molecule has 18 heavy (non-hydrogen) atoms. The zero-order chi connectivity index (χ0) is 13.5. The Morgan fingerprint density at radius 2 is 1.94 bits per heavy atom. The number of aryl methyl sites for hydroxylation is 2. The van der Waals surface area contributed by atoms with E-state index in [1.807, 2.05) is 6.92 Å². The quantitative estimate of drug-likeness (QED) is 0.810. The molecule has 0 aliphatic carbocycles. The zero-order valence-corrected chi connectivity index (χ0v) is 12.0. The van der Waals surface area contributed by atoms with Gasteiger partial charge in [0.05, 0.1) is 12.7 Å². The predicted molar refractivity (Wildman–Crippen MR) is 75.2 cm³/mol. The van der Waals surface area contributed by atoms with Gasteiger partial charge in [0, 0.05) is 19.6 Å². The second-order valence-electron chi connectivity index (χ2n) is 4.66. The number of ether oxygens (including phenoxy) is 2. The SMILES string of the molecule is CCOC(CN)CCOc1cc(C)cc(C)c1C. The molecule has 0 aliphatic rings. The molecular formula is C15H25NO2. The Morgan fingerprint density at radius 1 is 1.22 bits per heavy atom. The highest BCUT2D eigenvalue weighted by atomic mass is 16.5. The Balaban J connectivity index is 2.53. The second kappa shape index (κ2) is 7.39. The molecular weight excluding hydrogens is 226 g/mol. The summed E-state index contributed by atoms with van der Waals surface area (Å²) in [5.41, 5.74) is 9.34. The Hall–Kier alpha value is -1.06. The molecule has 0 aliphatic heterocycles. The molecule has 0 saturated carbocycles. The van der Waals surface area contributed by atoms with Crippen LogP contribution >= 0.6 is 0 Å². The Morgan fingerprint density at radius 3 is 2.56 bits per heavy atom. The number of rotatable bonds is 7. The number of hydrogen-bond acceptors (Lipinski definition) is 3. The van der Waals surface area contributed by atoms with Crippen molar-refractivity contribution >= 4 is 0 Å². The molecule has 0 fully saturated rings. The van der Waals surface area contributed by atoms with Gasteiger partial charge in [-0.1, -0.05) is 6.07 Å². The third kappa shape index (κ3) is 4.31. The molecule has 1 atom stereocenters. The van der Waals surface area contributed by atoms with Gasteiger partial charge in [0.2, 0.25) is 0 Å². The van der Waals surface area contributed by atoms with Gasteiger partial charge in [0.1, 0.15) is 5.75 Å². The maximum Gasteiger partial charge on any atom is 0.122 e. The van der Waals surface area contributed by atoms with Crippen molar-refractivity contribution in [1.82, 2.24) is 0 Å². The fourth-order valence-electron chi connectivity index (χ4n) is 1.96. The summed E-state index contributed by atoms with van der Waals surface area (Å²) < 4.78 is 11.3. The van der Waals surface area contributed by atoms with E-state index < -0.39 is 0 Å². The van der Waals surface area contributed by atoms with Crippen molar-refractivity contribution in [3.63, 3.8) is 0 Å². The van der Waals surface area contributed by atoms with Gasteiger partial charge in [0.15, 0.2) is 0 Å². The van der Waals surface area contributed by atoms with Crippen LogP contribution in [0.2, 0.25) is 0 Å². The van der Waals surface area contributed by atoms with Gasteiger partial charge in [-0.05, 0) is 50.5 Å². The van der Waals surface area contributed by atoms with E-state index in [2.05, 4.69) is 32.9 Å². The minimum atomic E-state index is 0.0983. The number of nitrogens with two attached hydrogens (primary N) is 1. The van der Waals surface area contributed by atoms with Crippen molar-refractivity contribution in [3.8, 4) is 5.75 Å². The van der Waals surface area contributed by atoms with Crippen LogP contribution in [-0.4, -0.2) is 25.9 Å². The van der Waals surface area contributed by atoms with Crippen LogP contribution < -0.4 is 10.5 Å². The summed E-state index contributed by atoms with van der Waals surface area (Å²) in [6.45, 7) is 10.2. The average Bonchev–Trinajstić information content (AvgIpc) is 2.33. The predicted octanol–water partition coefficient (Wildman–Crippen LogP) is 2.74. The van der Waals surface area contributed by atoms with E-state index in [1.165, 1.54) is 16.7 Å². The van der Waals surface area contributed by atoms with E-state index in [0.717, 1.165) is 12.2 Å². The van der Waals surface area contributed by atoms with Crippen LogP contribution in [-0.2, 0) is 4.74 Å². The van der Waals surface area contributed by atoms with E-state index in [4.69, 9.17) is 15.2 Å². The molecule has 0 aromatic heterocycles. The lowest BCUT2D eigenvalue weighted by Gasteiger charge is -2.16. The van der Waals surface area contributed by atoms with Crippen molar-refractivity contribution in [3.05, 3.63) is 28.8 Å². The molecule has 0 amide bonds. The van der Waals surface area contributed by atoms with Gasteiger partial charge in [0.25, 0.3) is 0 Å². The molecule has 1 aromatic carbocycles. The van der Waals surface area contributed by atoms with Crippen molar-refractivity contribution < 1.29 is 9.47 Å². The maximum atomic E-state index is 5.84. The van der Waals surface area contributed by atoms with E-state index >= 15 is 0 Å².